The molecule has 1 N–H and O–H groups in total. The van der Waals surface area contributed by atoms with Crippen molar-refractivity contribution >= 4 is 50.2 Å². The smallest absolute Gasteiger partial charge is 0.248 e. The Balaban J connectivity index is 1.38. The van der Waals surface area contributed by atoms with Crippen LogP contribution in [-0.2, 0) is 16.1 Å². The highest BCUT2D eigenvalue weighted by Gasteiger charge is 2.72. The maximum atomic E-state index is 14.3. The van der Waals surface area contributed by atoms with Gasteiger partial charge in [-0.3, -0.25) is 19.1 Å². The molecule has 0 spiro atoms. The number of anilines is 1. The molecule has 13 heteroatoms. The predicted molar refractivity (Wildman–Crippen MR) is 175 cm³/mol. The Morgan fingerprint density at radius 3 is 2.52 bits per heavy atom. The van der Waals surface area contributed by atoms with Gasteiger partial charge < -0.3 is 15.1 Å². The van der Waals surface area contributed by atoms with E-state index in [1.807, 2.05) is 27.1 Å². The lowest BCUT2D eigenvalue weighted by Crippen LogP contribution is -2.47. The highest BCUT2D eigenvalue weighted by molar-refractivity contribution is 9.10. The van der Waals surface area contributed by atoms with Gasteiger partial charge in [-0.05, 0) is 85.5 Å². The van der Waals surface area contributed by atoms with Crippen molar-refractivity contribution in [2.45, 2.75) is 52.7 Å². The molecule has 1 aliphatic heterocycles. The molecule has 1 saturated heterocycles. The van der Waals surface area contributed by atoms with Crippen LogP contribution in [0.15, 0.2) is 41.3 Å². The minimum absolute atomic E-state index is 0.146. The molecule has 4 heterocycles. The number of halogens is 1. The van der Waals surface area contributed by atoms with Crippen LogP contribution in [0.1, 0.15) is 47.7 Å². The zero-order valence-corrected chi connectivity index (χ0v) is 28.1. The van der Waals surface area contributed by atoms with E-state index >= 15 is 0 Å². The van der Waals surface area contributed by atoms with Gasteiger partial charge in [-0.2, -0.15) is 10.4 Å². The summed E-state index contributed by atoms with van der Waals surface area (Å²) in [5.41, 5.74) is 2.71. The van der Waals surface area contributed by atoms with Gasteiger partial charge in [0.05, 0.1) is 11.1 Å². The number of rotatable bonds is 8. The van der Waals surface area contributed by atoms with Crippen molar-refractivity contribution in [3.63, 3.8) is 0 Å². The second kappa shape index (κ2) is 11.7. The molecule has 1 aliphatic carbocycles. The van der Waals surface area contributed by atoms with Crippen LogP contribution >= 0.6 is 15.9 Å². The number of aromatic nitrogens is 5. The van der Waals surface area contributed by atoms with Crippen molar-refractivity contribution in [2.24, 2.45) is 11.3 Å². The zero-order valence-electron chi connectivity index (χ0n) is 26.5. The molecule has 3 aromatic heterocycles. The predicted octanol–water partition coefficient (Wildman–Crippen LogP) is 4.15. The summed E-state index contributed by atoms with van der Waals surface area (Å²) in [6.07, 6.45) is 3.82. The van der Waals surface area contributed by atoms with Crippen molar-refractivity contribution in [3.8, 4) is 17.2 Å². The molecular formula is C33H34BrN9O3. The lowest BCUT2D eigenvalue weighted by molar-refractivity contribution is -0.138. The van der Waals surface area contributed by atoms with Gasteiger partial charge in [-0.1, -0.05) is 13.0 Å². The Morgan fingerprint density at radius 2 is 1.87 bits per heavy atom. The van der Waals surface area contributed by atoms with Crippen LogP contribution in [0.5, 0.6) is 0 Å². The number of nitrogens with zero attached hydrogens (tertiary/aromatic N) is 8. The first-order chi connectivity index (χ1) is 21.8. The number of amides is 2. The number of ketones is 1. The van der Waals surface area contributed by atoms with Gasteiger partial charge in [0.15, 0.2) is 5.78 Å². The summed E-state index contributed by atoms with van der Waals surface area (Å²) >= 11 is 3.37. The summed E-state index contributed by atoms with van der Waals surface area (Å²) in [5, 5.41) is 18.2. The summed E-state index contributed by atoms with van der Waals surface area (Å²) in [6, 6.07) is 8.47. The van der Waals surface area contributed by atoms with Crippen LogP contribution in [0, 0.1) is 36.5 Å². The fourth-order valence-electron chi connectivity index (χ4n) is 7.12. The van der Waals surface area contributed by atoms with Crippen molar-refractivity contribution < 1.29 is 14.4 Å². The summed E-state index contributed by atoms with van der Waals surface area (Å²) in [4.78, 5) is 57.7. The number of carbonyl (C=O) groups excluding carboxylic acids is 3. The van der Waals surface area contributed by atoms with Gasteiger partial charge in [-0.15, -0.1) is 0 Å². The average Bonchev–Trinajstić information content (AvgIpc) is 3.28. The van der Waals surface area contributed by atoms with Gasteiger partial charge in [-0.25, -0.2) is 15.0 Å². The Hall–Kier alpha value is -4.54. The number of benzene rings is 1. The molecule has 4 aromatic rings. The van der Waals surface area contributed by atoms with Crippen LogP contribution in [0.4, 0.5) is 5.82 Å². The van der Waals surface area contributed by atoms with Crippen LogP contribution in [0.3, 0.4) is 0 Å². The first kappa shape index (κ1) is 31.4. The first-order valence-electron chi connectivity index (χ1n) is 15.0. The highest BCUT2D eigenvalue weighted by Crippen LogP contribution is 2.64. The van der Waals surface area contributed by atoms with Crippen molar-refractivity contribution in [3.05, 3.63) is 63.9 Å². The van der Waals surface area contributed by atoms with E-state index in [9.17, 15) is 19.6 Å². The molecule has 46 heavy (non-hydrogen) atoms. The van der Waals surface area contributed by atoms with E-state index in [0.29, 0.717) is 44.7 Å². The lowest BCUT2D eigenvalue weighted by atomic mass is 9.95. The number of nitrogens with one attached hydrogen (secondary N) is 1. The summed E-state index contributed by atoms with van der Waals surface area (Å²) in [7, 11) is 3.98. The molecule has 236 valence electrons. The average molecular weight is 685 g/mol. The Kier molecular flexibility index (Phi) is 7.98. The first-order valence-corrected chi connectivity index (χ1v) is 15.8. The number of hydrogen-bond acceptors (Lipinski definition) is 9. The number of pyridine rings is 1. The third kappa shape index (κ3) is 5.35. The second-order valence-electron chi connectivity index (χ2n) is 12.6. The van der Waals surface area contributed by atoms with Gasteiger partial charge in [0.2, 0.25) is 11.8 Å². The number of carbonyl (C=O) groups is 3. The number of Topliss-reactive ketones (excluding diaryl/α,β-unsaturated/α-hetero) is 1. The molecule has 0 radical (unpaired) electrons. The largest absolute Gasteiger partial charge is 0.325 e. The maximum Gasteiger partial charge on any atom is 0.248 e. The van der Waals surface area contributed by atoms with Gasteiger partial charge in [0.25, 0.3) is 0 Å². The van der Waals surface area contributed by atoms with E-state index in [4.69, 9.17) is 0 Å². The zero-order chi connectivity index (χ0) is 33.1. The van der Waals surface area contributed by atoms with E-state index in [-0.39, 0.29) is 52.8 Å². The number of piperidine rings is 1. The minimum Gasteiger partial charge on any atom is -0.325 e. The topological polar surface area (TPSA) is 150 Å². The summed E-state index contributed by atoms with van der Waals surface area (Å²) in [6.45, 7) is 7.64. The fraction of sp³-hybridized carbons (Fsp3) is 0.394. The number of nitriles is 1. The minimum atomic E-state index is -0.730. The second-order valence-corrected chi connectivity index (χ2v) is 13.4. The molecule has 12 nitrogen and oxygen atoms in total. The third-order valence-corrected chi connectivity index (χ3v) is 9.71. The Bertz CT molecular complexity index is 1950. The molecular weight excluding hydrogens is 650 g/mol. The molecule has 0 unspecified atom stereocenters. The SMILES string of the molecule is CC(=O)c1nn(CC(=O)N2[C@H]3[C@@H](C)[C@]3(CN(C)C)C[C@H]2C(=O)Nc2nc(Br)ccc2C)c2c(C#N)cc(-c3cnc(C)nc3)cc12. The number of aryl methyl sites for hydroxylation is 2. The van der Waals surface area contributed by atoms with E-state index in [1.54, 1.807) is 42.4 Å². The Labute approximate surface area is 275 Å². The standard InChI is InChI=1S/C33H34BrN9O3/c1-17-7-8-26(34)38-31(17)39-32(46)25-11-33(16-41(5)6)18(2)30(33)43(25)27(45)15-42-29-22(12-35)9-21(23-13-36-20(4)37-14-23)10-24(29)28(40-42)19(3)44/h7-10,13-14,18,25,30H,11,15-16H2,1-6H3,(H,38,39,46)/t18-,25+,30+,33-/m1/s1. The van der Waals surface area contributed by atoms with E-state index in [0.717, 1.165) is 12.1 Å². The van der Waals surface area contributed by atoms with Gasteiger partial charge >= 0.3 is 0 Å². The maximum absolute atomic E-state index is 14.3. The monoisotopic (exact) mass is 683 g/mol. The normalized spacial score (nSPS) is 21.7. The third-order valence-electron chi connectivity index (χ3n) is 9.27. The van der Waals surface area contributed by atoms with E-state index in [2.05, 4.69) is 59.2 Å². The van der Waals surface area contributed by atoms with E-state index < -0.39 is 6.04 Å². The van der Waals surface area contributed by atoms with E-state index in [1.165, 1.54) is 11.6 Å². The molecule has 4 atom stereocenters. The molecule has 0 bridgehead atoms. The number of fused-ring (bicyclic) bond motifs is 2. The van der Waals surface area contributed by atoms with Crippen molar-refractivity contribution in [1.82, 2.24) is 34.5 Å². The summed E-state index contributed by atoms with van der Waals surface area (Å²) < 4.78 is 2.02. The lowest BCUT2D eigenvalue weighted by Gasteiger charge is -2.28. The van der Waals surface area contributed by atoms with Crippen LogP contribution < -0.4 is 5.32 Å². The summed E-state index contributed by atoms with van der Waals surface area (Å²) in [5.74, 6) is 0.306. The number of hydrogen-bond donors (Lipinski definition) is 1. The number of likely N-dealkylation sites (tertiary alicyclic amines) is 1. The fourth-order valence-corrected chi connectivity index (χ4v) is 7.42. The molecule has 6 rings (SSSR count). The molecule has 2 fully saturated rings. The van der Waals surface area contributed by atoms with Crippen LogP contribution in [0.2, 0.25) is 0 Å². The van der Waals surface area contributed by atoms with Crippen molar-refractivity contribution in [2.75, 3.05) is 26.0 Å². The highest BCUT2D eigenvalue weighted by atomic mass is 79.9. The quantitative estimate of drug-likeness (QED) is 0.213. The van der Waals surface area contributed by atoms with Gasteiger partial charge in [0.1, 0.15) is 40.6 Å². The molecule has 1 aromatic carbocycles. The molecule has 2 aliphatic rings. The Morgan fingerprint density at radius 1 is 1.15 bits per heavy atom. The molecule has 1 saturated carbocycles. The van der Waals surface area contributed by atoms with Crippen molar-refractivity contribution in [1.29, 1.82) is 5.26 Å². The molecule has 2 amide bonds. The van der Waals surface area contributed by atoms with Crippen LogP contribution in [0.25, 0.3) is 22.0 Å². The van der Waals surface area contributed by atoms with Gasteiger partial charge in [0, 0.05) is 48.3 Å². The van der Waals surface area contributed by atoms with Crippen LogP contribution in [-0.4, -0.2) is 84.9 Å².